The van der Waals surface area contributed by atoms with E-state index in [1.54, 1.807) is 12.4 Å². The summed E-state index contributed by atoms with van der Waals surface area (Å²) in [5, 5.41) is 12.1. The van der Waals surface area contributed by atoms with E-state index >= 15 is 0 Å². The van der Waals surface area contributed by atoms with E-state index in [0.29, 0.717) is 0 Å². The quantitative estimate of drug-likeness (QED) is 0.616. The van der Waals surface area contributed by atoms with E-state index in [2.05, 4.69) is 36.4 Å². The summed E-state index contributed by atoms with van der Waals surface area (Å²) in [5.74, 6) is 0.967. The lowest BCUT2D eigenvalue weighted by Crippen LogP contribution is -2.14. The maximum atomic E-state index is 12.1. The zero-order valence-electron chi connectivity index (χ0n) is 13.5. The predicted molar refractivity (Wildman–Crippen MR) is 102 cm³/mol. The van der Waals surface area contributed by atoms with Crippen molar-refractivity contribution in [3.8, 4) is 11.4 Å². The van der Waals surface area contributed by atoms with Crippen LogP contribution >= 0.6 is 27.7 Å². The van der Waals surface area contributed by atoms with Crippen LogP contribution < -0.4 is 5.32 Å². The molecule has 6 nitrogen and oxygen atoms in total. The summed E-state index contributed by atoms with van der Waals surface area (Å²) >= 11 is 4.74. The molecule has 0 atom stereocenters. The zero-order chi connectivity index (χ0) is 17.6. The van der Waals surface area contributed by atoms with E-state index in [4.69, 9.17) is 0 Å². The molecule has 8 heteroatoms. The first-order valence-corrected chi connectivity index (χ1v) is 9.47. The fourth-order valence-electron chi connectivity index (χ4n) is 2.26. The van der Waals surface area contributed by atoms with Crippen molar-refractivity contribution in [1.82, 2.24) is 19.7 Å². The van der Waals surface area contributed by atoms with Crippen molar-refractivity contribution >= 4 is 39.3 Å². The summed E-state index contributed by atoms with van der Waals surface area (Å²) in [7, 11) is 0. The molecule has 25 heavy (non-hydrogen) atoms. The van der Waals surface area contributed by atoms with Gasteiger partial charge < -0.3 is 9.88 Å². The van der Waals surface area contributed by atoms with Gasteiger partial charge in [-0.25, -0.2) is 0 Å². The normalized spacial score (nSPS) is 10.6. The number of amides is 1. The highest BCUT2D eigenvalue weighted by molar-refractivity contribution is 9.10. The van der Waals surface area contributed by atoms with Crippen LogP contribution in [0.25, 0.3) is 11.4 Å². The number of anilines is 1. The molecule has 0 spiro atoms. The Kier molecular flexibility index (Phi) is 5.83. The van der Waals surface area contributed by atoms with Crippen LogP contribution in [0.1, 0.15) is 6.92 Å². The van der Waals surface area contributed by atoms with Crippen LogP contribution in [0.5, 0.6) is 0 Å². The van der Waals surface area contributed by atoms with Crippen LogP contribution in [-0.2, 0) is 11.3 Å². The average molecular weight is 418 g/mol. The van der Waals surface area contributed by atoms with Crippen molar-refractivity contribution in [1.29, 1.82) is 0 Å². The highest BCUT2D eigenvalue weighted by Gasteiger charge is 2.14. The molecule has 1 N–H and O–H groups in total. The third-order valence-corrected chi connectivity index (χ3v) is 4.93. The molecule has 0 aliphatic rings. The van der Waals surface area contributed by atoms with E-state index in [1.165, 1.54) is 11.8 Å². The predicted octanol–water partition coefficient (Wildman–Crippen LogP) is 3.85. The Labute approximate surface area is 158 Å². The number of carbonyl (C=O) groups excluding carboxylic acids is 1. The summed E-state index contributed by atoms with van der Waals surface area (Å²) in [6.07, 6.45) is 3.45. The molecule has 3 rings (SSSR count). The van der Waals surface area contributed by atoms with Gasteiger partial charge in [-0.3, -0.25) is 9.78 Å². The average Bonchev–Trinajstić information content (AvgIpc) is 3.05. The number of benzene rings is 1. The van der Waals surface area contributed by atoms with Gasteiger partial charge in [0.05, 0.1) is 5.75 Å². The summed E-state index contributed by atoms with van der Waals surface area (Å²) in [6, 6.07) is 11.3. The largest absolute Gasteiger partial charge is 0.325 e. The van der Waals surface area contributed by atoms with Gasteiger partial charge in [-0.1, -0.05) is 27.7 Å². The molecule has 0 bridgehead atoms. The second-order valence-electron chi connectivity index (χ2n) is 5.13. The number of rotatable bonds is 6. The number of aromatic nitrogens is 4. The van der Waals surface area contributed by atoms with Crippen LogP contribution in [0.3, 0.4) is 0 Å². The van der Waals surface area contributed by atoms with Crippen molar-refractivity contribution in [2.45, 2.75) is 18.6 Å². The molecule has 0 fully saturated rings. The van der Waals surface area contributed by atoms with Gasteiger partial charge in [-0.15, -0.1) is 10.2 Å². The second kappa shape index (κ2) is 8.26. The molecule has 0 aliphatic heterocycles. The van der Waals surface area contributed by atoms with Crippen LogP contribution in [0.15, 0.2) is 58.4 Å². The zero-order valence-corrected chi connectivity index (χ0v) is 15.9. The van der Waals surface area contributed by atoms with E-state index in [9.17, 15) is 4.79 Å². The number of pyridine rings is 1. The fourth-order valence-corrected chi connectivity index (χ4v) is 3.32. The molecular formula is C17H16BrN5OS. The van der Waals surface area contributed by atoms with Crippen LogP contribution in [-0.4, -0.2) is 31.4 Å². The lowest BCUT2D eigenvalue weighted by atomic mass is 10.2. The van der Waals surface area contributed by atoms with Gasteiger partial charge in [0.15, 0.2) is 11.0 Å². The smallest absolute Gasteiger partial charge is 0.234 e. The summed E-state index contributed by atoms with van der Waals surface area (Å²) in [5.41, 5.74) is 1.72. The third-order valence-electron chi connectivity index (χ3n) is 3.43. The van der Waals surface area contributed by atoms with Crippen LogP contribution in [0, 0.1) is 0 Å². The van der Waals surface area contributed by atoms with Gasteiger partial charge in [0.25, 0.3) is 0 Å². The summed E-state index contributed by atoms with van der Waals surface area (Å²) in [6.45, 7) is 2.75. The topological polar surface area (TPSA) is 72.7 Å². The minimum Gasteiger partial charge on any atom is -0.325 e. The molecule has 0 radical (unpaired) electrons. The maximum absolute atomic E-state index is 12.1. The fraction of sp³-hybridized carbons (Fsp3) is 0.176. The van der Waals surface area contributed by atoms with Crippen molar-refractivity contribution in [3.63, 3.8) is 0 Å². The van der Waals surface area contributed by atoms with E-state index in [1.807, 2.05) is 47.9 Å². The summed E-state index contributed by atoms with van der Waals surface area (Å²) in [4.78, 5) is 16.2. The summed E-state index contributed by atoms with van der Waals surface area (Å²) < 4.78 is 2.96. The highest BCUT2D eigenvalue weighted by Crippen LogP contribution is 2.23. The second-order valence-corrected chi connectivity index (χ2v) is 6.99. The number of hydrogen-bond donors (Lipinski definition) is 1. The monoisotopic (exact) mass is 417 g/mol. The Bertz CT molecular complexity index is 851. The van der Waals surface area contributed by atoms with Crippen LogP contribution in [0.2, 0.25) is 0 Å². The standard InChI is InChI=1S/C17H16BrN5OS/c1-2-23-16(12-7-9-19-10-8-12)21-22-17(23)25-11-15(24)20-14-5-3-13(18)4-6-14/h3-10H,2,11H2,1H3,(H,20,24). The molecule has 1 amide bonds. The number of hydrogen-bond acceptors (Lipinski definition) is 5. The molecule has 0 unspecified atom stereocenters. The van der Waals surface area contributed by atoms with Gasteiger partial charge in [0, 0.05) is 34.7 Å². The number of halogens is 1. The molecule has 0 saturated heterocycles. The SMILES string of the molecule is CCn1c(SCC(=O)Nc2ccc(Br)cc2)nnc1-c1ccncc1. The van der Waals surface area contributed by atoms with Gasteiger partial charge in [0.2, 0.25) is 5.91 Å². The van der Waals surface area contributed by atoms with Crippen molar-refractivity contribution in [2.24, 2.45) is 0 Å². The molecule has 2 aromatic heterocycles. The number of thioether (sulfide) groups is 1. The van der Waals surface area contributed by atoms with Gasteiger partial charge >= 0.3 is 0 Å². The van der Waals surface area contributed by atoms with Gasteiger partial charge in [-0.05, 0) is 43.3 Å². The Morgan fingerprint density at radius 1 is 1.16 bits per heavy atom. The molecule has 128 valence electrons. The van der Waals surface area contributed by atoms with Gasteiger partial charge in [-0.2, -0.15) is 0 Å². The molecule has 0 aliphatic carbocycles. The van der Waals surface area contributed by atoms with Crippen molar-refractivity contribution in [2.75, 3.05) is 11.1 Å². The highest BCUT2D eigenvalue weighted by atomic mass is 79.9. The van der Waals surface area contributed by atoms with Gasteiger partial charge in [0.1, 0.15) is 0 Å². The molecule has 0 saturated carbocycles. The lowest BCUT2D eigenvalue weighted by Gasteiger charge is -2.08. The molecular weight excluding hydrogens is 402 g/mol. The first kappa shape index (κ1) is 17.6. The van der Waals surface area contributed by atoms with E-state index < -0.39 is 0 Å². The van der Waals surface area contributed by atoms with E-state index in [0.717, 1.165) is 33.2 Å². The number of nitrogens with zero attached hydrogens (tertiary/aromatic N) is 4. The number of nitrogens with one attached hydrogen (secondary N) is 1. The lowest BCUT2D eigenvalue weighted by molar-refractivity contribution is -0.113. The first-order valence-electron chi connectivity index (χ1n) is 7.69. The molecule has 1 aromatic carbocycles. The third kappa shape index (κ3) is 4.46. The maximum Gasteiger partial charge on any atom is 0.234 e. The molecule has 3 aromatic rings. The van der Waals surface area contributed by atoms with Crippen molar-refractivity contribution in [3.05, 3.63) is 53.3 Å². The van der Waals surface area contributed by atoms with Crippen molar-refractivity contribution < 1.29 is 4.79 Å². The number of carbonyl (C=O) groups is 1. The molecule has 2 heterocycles. The first-order chi connectivity index (χ1) is 12.2. The Hall–Kier alpha value is -2.19. The van der Waals surface area contributed by atoms with Crippen LogP contribution in [0.4, 0.5) is 5.69 Å². The van der Waals surface area contributed by atoms with E-state index in [-0.39, 0.29) is 11.7 Å². The Balaban J connectivity index is 1.66. The Morgan fingerprint density at radius 2 is 1.88 bits per heavy atom. The minimum absolute atomic E-state index is 0.0802. The Morgan fingerprint density at radius 3 is 2.56 bits per heavy atom. The minimum atomic E-state index is -0.0802.